The molecule has 2 heteroatoms. The predicted molar refractivity (Wildman–Crippen MR) is 68.3 cm³/mol. The van der Waals surface area contributed by atoms with Gasteiger partial charge in [-0.05, 0) is 17.9 Å². The minimum Gasteiger partial charge on any atom is -0.377 e. The van der Waals surface area contributed by atoms with E-state index in [1.54, 1.807) is 0 Å². The second kappa shape index (κ2) is 7.89. The summed E-state index contributed by atoms with van der Waals surface area (Å²) in [6.07, 6.45) is 2.37. The lowest BCUT2D eigenvalue weighted by atomic mass is 10.1. The second-order valence-electron chi connectivity index (χ2n) is 3.76. The van der Waals surface area contributed by atoms with Crippen LogP contribution in [0.15, 0.2) is 30.3 Å². The van der Waals surface area contributed by atoms with Crippen LogP contribution < -0.4 is 0 Å². The minimum atomic E-state index is 0.736. The molecule has 0 bridgehead atoms. The Labute approximate surface area is 101 Å². The van der Waals surface area contributed by atoms with E-state index in [-0.39, 0.29) is 0 Å². The summed E-state index contributed by atoms with van der Waals surface area (Å²) in [5, 5.41) is 1.08. The maximum atomic E-state index is 5.63. The van der Waals surface area contributed by atoms with Crippen molar-refractivity contribution in [3.8, 4) is 0 Å². The molecule has 0 heterocycles. The average Bonchev–Trinajstić information content (AvgIpc) is 2.31. The third-order valence-corrected chi connectivity index (χ3v) is 3.49. The molecule has 15 heavy (non-hydrogen) atoms. The van der Waals surface area contributed by atoms with E-state index in [1.807, 2.05) is 18.2 Å². The summed E-state index contributed by atoms with van der Waals surface area (Å²) in [5.74, 6) is 0.751. The standard InChI is InChI=1S/C13H19BrO/c1-2-12(10-14)8-9-15-11-13-6-4-3-5-7-13/h3-7,12H,2,8-11H2,1H3. The quantitative estimate of drug-likeness (QED) is 0.537. The summed E-state index contributed by atoms with van der Waals surface area (Å²) in [6, 6.07) is 10.3. The van der Waals surface area contributed by atoms with Crippen LogP contribution in [-0.2, 0) is 11.3 Å². The zero-order valence-electron chi connectivity index (χ0n) is 9.29. The first-order chi connectivity index (χ1) is 7.36. The first-order valence-electron chi connectivity index (χ1n) is 5.54. The molecule has 0 aromatic heterocycles. The largest absolute Gasteiger partial charge is 0.377 e. The molecule has 0 aliphatic carbocycles. The van der Waals surface area contributed by atoms with Crippen LogP contribution >= 0.6 is 15.9 Å². The van der Waals surface area contributed by atoms with Crippen LogP contribution in [0.25, 0.3) is 0 Å². The molecule has 1 rings (SSSR count). The summed E-state index contributed by atoms with van der Waals surface area (Å²) in [4.78, 5) is 0. The van der Waals surface area contributed by atoms with Crippen LogP contribution in [0.1, 0.15) is 25.3 Å². The zero-order chi connectivity index (χ0) is 10.9. The highest BCUT2D eigenvalue weighted by atomic mass is 79.9. The molecule has 1 atom stereocenters. The summed E-state index contributed by atoms with van der Waals surface area (Å²) in [5.41, 5.74) is 1.25. The van der Waals surface area contributed by atoms with E-state index in [0.29, 0.717) is 0 Å². The fourth-order valence-electron chi connectivity index (χ4n) is 1.40. The molecule has 1 aromatic rings. The fourth-order valence-corrected chi connectivity index (χ4v) is 2.19. The van der Waals surface area contributed by atoms with Gasteiger partial charge >= 0.3 is 0 Å². The molecule has 0 N–H and O–H groups in total. The number of hydrogen-bond donors (Lipinski definition) is 0. The monoisotopic (exact) mass is 270 g/mol. The SMILES string of the molecule is CCC(CBr)CCOCc1ccccc1. The normalized spacial score (nSPS) is 12.7. The lowest BCUT2D eigenvalue weighted by Crippen LogP contribution is -2.05. The van der Waals surface area contributed by atoms with Crippen LogP contribution in [0.2, 0.25) is 0 Å². The van der Waals surface area contributed by atoms with Gasteiger partial charge in [0.2, 0.25) is 0 Å². The van der Waals surface area contributed by atoms with Crippen LogP contribution in [-0.4, -0.2) is 11.9 Å². The summed E-state index contributed by atoms with van der Waals surface area (Å²) >= 11 is 3.52. The number of hydrogen-bond acceptors (Lipinski definition) is 1. The molecule has 0 saturated heterocycles. The van der Waals surface area contributed by atoms with Gasteiger partial charge in [0.05, 0.1) is 6.61 Å². The van der Waals surface area contributed by atoms with Crippen molar-refractivity contribution in [3.05, 3.63) is 35.9 Å². The molecule has 0 aliphatic rings. The van der Waals surface area contributed by atoms with Crippen LogP contribution in [0.3, 0.4) is 0 Å². The molecule has 0 radical (unpaired) electrons. The second-order valence-corrected chi connectivity index (χ2v) is 4.40. The van der Waals surface area contributed by atoms with E-state index in [0.717, 1.165) is 30.9 Å². The molecule has 1 nitrogen and oxygen atoms in total. The Hall–Kier alpha value is -0.340. The van der Waals surface area contributed by atoms with E-state index in [1.165, 1.54) is 12.0 Å². The molecule has 84 valence electrons. The lowest BCUT2D eigenvalue weighted by Gasteiger charge is -2.11. The van der Waals surface area contributed by atoms with Gasteiger partial charge in [0.1, 0.15) is 0 Å². The van der Waals surface area contributed by atoms with Crippen molar-refractivity contribution in [2.75, 3.05) is 11.9 Å². The Balaban J connectivity index is 2.12. The smallest absolute Gasteiger partial charge is 0.0716 e. The Morgan fingerprint density at radius 3 is 2.60 bits per heavy atom. The number of halogens is 1. The maximum Gasteiger partial charge on any atom is 0.0716 e. The topological polar surface area (TPSA) is 9.23 Å². The summed E-state index contributed by atoms with van der Waals surface area (Å²) in [6.45, 7) is 3.82. The van der Waals surface area contributed by atoms with Crippen molar-refractivity contribution in [3.63, 3.8) is 0 Å². The Morgan fingerprint density at radius 1 is 1.27 bits per heavy atom. The van der Waals surface area contributed by atoms with Gasteiger partial charge in [-0.15, -0.1) is 0 Å². The third-order valence-electron chi connectivity index (χ3n) is 2.58. The molecule has 0 aliphatic heterocycles. The number of rotatable bonds is 7. The highest BCUT2D eigenvalue weighted by molar-refractivity contribution is 9.09. The van der Waals surface area contributed by atoms with Crippen LogP contribution in [0, 0.1) is 5.92 Å². The number of alkyl halides is 1. The molecule has 1 unspecified atom stereocenters. The van der Waals surface area contributed by atoms with Crippen molar-refractivity contribution in [2.24, 2.45) is 5.92 Å². The van der Waals surface area contributed by atoms with E-state index >= 15 is 0 Å². The highest BCUT2D eigenvalue weighted by Crippen LogP contribution is 2.11. The van der Waals surface area contributed by atoms with E-state index in [4.69, 9.17) is 4.74 Å². The summed E-state index contributed by atoms with van der Waals surface area (Å²) < 4.78 is 5.63. The van der Waals surface area contributed by atoms with Crippen LogP contribution in [0.5, 0.6) is 0 Å². The van der Waals surface area contributed by atoms with E-state index in [2.05, 4.69) is 35.0 Å². The number of ether oxygens (including phenoxy) is 1. The van der Waals surface area contributed by atoms with Crippen LogP contribution in [0.4, 0.5) is 0 Å². The first kappa shape index (κ1) is 12.7. The highest BCUT2D eigenvalue weighted by Gasteiger charge is 2.03. The van der Waals surface area contributed by atoms with Gasteiger partial charge in [-0.25, -0.2) is 0 Å². The first-order valence-corrected chi connectivity index (χ1v) is 6.66. The van der Waals surface area contributed by atoms with Gasteiger partial charge in [0, 0.05) is 11.9 Å². The van der Waals surface area contributed by atoms with Crippen molar-refractivity contribution < 1.29 is 4.74 Å². The van der Waals surface area contributed by atoms with Crippen molar-refractivity contribution in [1.82, 2.24) is 0 Å². The van der Waals surface area contributed by atoms with Crippen molar-refractivity contribution >= 4 is 15.9 Å². The molecule has 1 aromatic carbocycles. The van der Waals surface area contributed by atoms with Gasteiger partial charge in [-0.3, -0.25) is 0 Å². The van der Waals surface area contributed by atoms with Gasteiger partial charge in [-0.2, -0.15) is 0 Å². The Morgan fingerprint density at radius 2 is 2.00 bits per heavy atom. The molecule has 0 saturated carbocycles. The molecule has 0 spiro atoms. The molecule has 0 amide bonds. The maximum absolute atomic E-state index is 5.63. The lowest BCUT2D eigenvalue weighted by molar-refractivity contribution is 0.109. The molecular formula is C13H19BrO. The van der Waals surface area contributed by atoms with Crippen molar-refractivity contribution in [1.29, 1.82) is 0 Å². The molecular weight excluding hydrogens is 252 g/mol. The Kier molecular flexibility index (Phi) is 6.69. The molecule has 0 fully saturated rings. The average molecular weight is 271 g/mol. The van der Waals surface area contributed by atoms with Gasteiger partial charge in [0.25, 0.3) is 0 Å². The third kappa shape index (κ3) is 5.33. The van der Waals surface area contributed by atoms with Gasteiger partial charge < -0.3 is 4.74 Å². The van der Waals surface area contributed by atoms with E-state index in [9.17, 15) is 0 Å². The summed E-state index contributed by atoms with van der Waals surface area (Å²) in [7, 11) is 0. The number of benzene rings is 1. The zero-order valence-corrected chi connectivity index (χ0v) is 10.9. The van der Waals surface area contributed by atoms with Gasteiger partial charge in [-0.1, -0.05) is 59.6 Å². The van der Waals surface area contributed by atoms with Crippen molar-refractivity contribution in [2.45, 2.75) is 26.4 Å². The van der Waals surface area contributed by atoms with Gasteiger partial charge in [0.15, 0.2) is 0 Å². The Bertz CT molecular complexity index is 244. The van der Waals surface area contributed by atoms with E-state index < -0.39 is 0 Å². The fraction of sp³-hybridized carbons (Fsp3) is 0.538. The predicted octanol–water partition coefficient (Wildman–Crippen LogP) is 4.01. The minimum absolute atomic E-state index is 0.736.